The summed E-state index contributed by atoms with van der Waals surface area (Å²) in [4.78, 5) is 0. The first-order valence-electron chi connectivity index (χ1n) is 5.44. The molecule has 1 fully saturated rings. The maximum atomic E-state index is 13.6. The van der Waals surface area contributed by atoms with Gasteiger partial charge in [0.15, 0.2) is 0 Å². The molecule has 1 aromatic carbocycles. The smallest absolute Gasteiger partial charge is 0.298 e. The van der Waals surface area contributed by atoms with E-state index in [1.807, 2.05) is 0 Å². The average Bonchev–Trinajstić information content (AvgIpc) is 3.04. The zero-order valence-corrected chi connectivity index (χ0v) is 10.0. The minimum absolute atomic E-state index is 0.0860. The molecule has 0 heterocycles. The van der Waals surface area contributed by atoms with E-state index >= 15 is 0 Å². The lowest BCUT2D eigenvalue weighted by Crippen LogP contribution is -2.27. The number of benzene rings is 1. The van der Waals surface area contributed by atoms with Crippen LogP contribution in [-0.4, -0.2) is 17.3 Å². The van der Waals surface area contributed by atoms with Crippen LogP contribution in [0, 0.1) is 0 Å². The van der Waals surface area contributed by atoms with E-state index in [0.29, 0.717) is 5.02 Å². The third-order valence-corrected chi connectivity index (χ3v) is 2.97. The molecule has 5 heteroatoms. The first kappa shape index (κ1) is 12.6. The predicted molar refractivity (Wildman–Crippen MR) is 60.7 cm³/mol. The van der Waals surface area contributed by atoms with Crippen molar-refractivity contribution in [2.45, 2.75) is 37.9 Å². The summed E-state index contributed by atoms with van der Waals surface area (Å²) in [6, 6.07) is 3.77. The van der Waals surface area contributed by atoms with Gasteiger partial charge in [0.2, 0.25) is 0 Å². The van der Waals surface area contributed by atoms with Crippen molar-refractivity contribution in [1.29, 1.82) is 0 Å². The summed E-state index contributed by atoms with van der Waals surface area (Å²) in [5.74, 6) is -3.04. The van der Waals surface area contributed by atoms with E-state index in [-0.39, 0.29) is 17.4 Å². The van der Waals surface area contributed by atoms with Gasteiger partial charge in [-0.25, -0.2) is 0 Å². The average molecular weight is 263 g/mol. The van der Waals surface area contributed by atoms with Gasteiger partial charge in [0.25, 0.3) is 5.92 Å². The second kappa shape index (κ2) is 4.42. The first-order chi connectivity index (χ1) is 7.91. The van der Waals surface area contributed by atoms with Gasteiger partial charge in [-0.05, 0) is 31.9 Å². The Bertz CT molecular complexity index is 417. The van der Waals surface area contributed by atoms with Crippen molar-refractivity contribution in [2.75, 3.05) is 0 Å². The fraction of sp³-hybridized carbons (Fsp3) is 0.500. The van der Waals surface area contributed by atoms with Crippen LogP contribution in [-0.2, 0) is 5.92 Å². The number of aliphatic hydroxyl groups is 1. The highest BCUT2D eigenvalue weighted by Gasteiger charge is 2.38. The van der Waals surface area contributed by atoms with E-state index in [4.69, 9.17) is 21.4 Å². The molecule has 0 amide bonds. The van der Waals surface area contributed by atoms with E-state index < -0.39 is 12.0 Å². The van der Waals surface area contributed by atoms with E-state index in [1.165, 1.54) is 18.2 Å². The number of aliphatic hydroxyl groups excluding tert-OH is 1. The van der Waals surface area contributed by atoms with Crippen LogP contribution in [0.15, 0.2) is 18.2 Å². The van der Waals surface area contributed by atoms with E-state index in [1.54, 1.807) is 0 Å². The first-order valence-corrected chi connectivity index (χ1v) is 5.81. The molecule has 1 saturated carbocycles. The van der Waals surface area contributed by atoms with Crippen LogP contribution in [0.4, 0.5) is 8.78 Å². The fourth-order valence-corrected chi connectivity index (χ4v) is 1.57. The van der Waals surface area contributed by atoms with Crippen molar-refractivity contribution in [2.24, 2.45) is 0 Å². The monoisotopic (exact) mass is 262 g/mol. The third kappa shape index (κ3) is 2.69. The quantitative estimate of drug-likeness (QED) is 0.902. The summed E-state index contributed by atoms with van der Waals surface area (Å²) >= 11 is 5.87. The number of halogens is 3. The fourth-order valence-electron chi connectivity index (χ4n) is 1.41. The Kier molecular flexibility index (Phi) is 3.27. The number of rotatable bonds is 4. The van der Waals surface area contributed by atoms with Gasteiger partial charge in [0, 0.05) is 5.56 Å². The molecule has 1 aromatic rings. The molecule has 0 spiro atoms. The van der Waals surface area contributed by atoms with Crippen molar-refractivity contribution in [3.63, 3.8) is 0 Å². The molecule has 1 atom stereocenters. The highest BCUT2D eigenvalue weighted by Crippen LogP contribution is 2.38. The Morgan fingerprint density at radius 1 is 1.47 bits per heavy atom. The van der Waals surface area contributed by atoms with Crippen LogP contribution < -0.4 is 4.74 Å². The molecule has 0 aliphatic heterocycles. The predicted octanol–water partition coefficient (Wildman–Crippen LogP) is 3.35. The summed E-state index contributed by atoms with van der Waals surface area (Å²) in [5.41, 5.74) is -0.285. The van der Waals surface area contributed by atoms with Gasteiger partial charge in [-0.15, -0.1) is 0 Å². The molecule has 2 nitrogen and oxygen atoms in total. The van der Waals surface area contributed by atoms with Gasteiger partial charge in [-0.2, -0.15) is 8.78 Å². The summed E-state index contributed by atoms with van der Waals surface area (Å²) in [6.07, 6.45) is 0.182. The van der Waals surface area contributed by atoms with Crippen molar-refractivity contribution >= 4 is 11.6 Å². The molecule has 94 valence electrons. The molecule has 0 bridgehead atoms. The van der Waals surface area contributed by atoms with E-state index in [2.05, 4.69) is 0 Å². The van der Waals surface area contributed by atoms with Gasteiger partial charge >= 0.3 is 0 Å². The molecule has 0 radical (unpaired) electrons. The molecule has 1 aliphatic rings. The molecule has 2 rings (SSSR count). The number of alkyl halides is 2. The maximum Gasteiger partial charge on any atom is 0.298 e. The molecular formula is C12H13ClF2O2. The molecular weight excluding hydrogens is 250 g/mol. The molecule has 0 aromatic heterocycles. The Hall–Kier alpha value is -0.870. The molecule has 17 heavy (non-hydrogen) atoms. The lowest BCUT2D eigenvalue weighted by molar-refractivity contribution is -0.106. The Morgan fingerprint density at radius 2 is 2.12 bits per heavy atom. The second-order valence-corrected chi connectivity index (χ2v) is 4.67. The maximum absolute atomic E-state index is 13.6. The Labute approximate surface area is 103 Å². The van der Waals surface area contributed by atoms with E-state index in [0.717, 1.165) is 19.8 Å². The lowest BCUT2D eigenvalue weighted by atomic mass is 10.0. The van der Waals surface area contributed by atoms with Gasteiger partial charge in [-0.1, -0.05) is 17.7 Å². The highest BCUT2D eigenvalue weighted by atomic mass is 35.5. The van der Waals surface area contributed by atoms with Crippen molar-refractivity contribution in [3.05, 3.63) is 28.8 Å². The van der Waals surface area contributed by atoms with Crippen molar-refractivity contribution in [3.8, 4) is 5.75 Å². The molecule has 1 N–H and O–H groups in total. The van der Waals surface area contributed by atoms with Crippen molar-refractivity contribution < 1.29 is 18.6 Å². The number of hydrogen-bond acceptors (Lipinski definition) is 2. The third-order valence-electron chi connectivity index (χ3n) is 2.66. The van der Waals surface area contributed by atoms with Crippen molar-refractivity contribution in [1.82, 2.24) is 0 Å². The van der Waals surface area contributed by atoms with Crippen LogP contribution in [0.5, 0.6) is 5.75 Å². The van der Waals surface area contributed by atoms with Crippen LogP contribution in [0.1, 0.15) is 25.3 Å². The largest absolute Gasteiger partial charge is 0.489 e. The summed E-state index contributed by atoms with van der Waals surface area (Å²) in [7, 11) is 0. The van der Waals surface area contributed by atoms with Crippen LogP contribution >= 0.6 is 11.6 Å². The molecule has 1 unspecified atom stereocenters. The van der Waals surface area contributed by atoms with Gasteiger partial charge in [0.05, 0.1) is 11.1 Å². The summed E-state index contributed by atoms with van der Waals surface area (Å²) in [6.45, 7) is 1.05. The van der Waals surface area contributed by atoms with Gasteiger partial charge < -0.3 is 9.84 Å². The Balaban J connectivity index is 2.29. The van der Waals surface area contributed by atoms with Crippen LogP contribution in [0.2, 0.25) is 5.02 Å². The zero-order chi connectivity index (χ0) is 12.6. The van der Waals surface area contributed by atoms with Crippen LogP contribution in [0.3, 0.4) is 0 Å². The normalized spacial score (nSPS) is 17.9. The molecule has 1 aliphatic carbocycles. The second-order valence-electron chi connectivity index (χ2n) is 4.26. The topological polar surface area (TPSA) is 29.5 Å². The van der Waals surface area contributed by atoms with Gasteiger partial charge in [-0.3, -0.25) is 0 Å². The minimum Gasteiger partial charge on any atom is -0.489 e. The zero-order valence-electron chi connectivity index (χ0n) is 9.29. The number of ether oxygens (including phenoxy) is 1. The minimum atomic E-state index is -3.30. The Morgan fingerprint density at radius 3 is 2.65 bits per heavy atom. The van der Waals surface area contributed by atoms with Gasteiger partial charge in [0.1, 0.15) is 11.9 Å². The van der Waals surface area contributed by atoms with Crippen LogP contribution in [0.25, 0.3) is 0 Å². The standard InChI is InChI=1S/C12H13ClF2O2/c1-7(16)12(14,15)8-2-5-10(13)11(6-8)17-9-3-4-9/h2,5-7,9,16H,3-4H2,1H3. The SMILES string of the molecule is CC(O)C(F)(F)c1ccc(Cl)c(OC2CC2)c1. The molecule has 0 saturated heterocycles. The lowest BCUT2D eigenvalue weighted by Gasteiger charge is -2.20. The number of hydrogen-bond donors (Lipinski definition) is 1. The summed E-state index contributed by atoms with van der Waals surface area (Å²) in [5, 5.41) is 9.37. The highest BCUT2D eigenvalue weighted by molar-refractivity contribution is 6.32. The van der Waals surface area contributed by atoms with E-state index in [9.17, 15) is 8.78 Å². The summed E-state index contributed by atoms with van der Waals surface area (Å²) < 4.78 is 32.6.